The first-order chi connectivity index (χ1) is 11.5. The van der Waals surface area contributed by atoms with Crippen molar-refractivity contribution in [2.24, 2.45) is 0 Å². The van der Waals surface area contributed by atoms with E-state index in [2.05, 4.69) is 24.5 Å². The maximum atomic E-state index is 12.1. The standard InChI is InChI=1S/C19H22N2O3/c1-13(2)16-9-4-5-10-17(16)21-19(23)12-18(22)20-14-7-6-8-15(11-14)24-3/h4-11,13H,12H2,1-3H3,(H,20,22)(H,21,23). The Morgan fingerprint density at radius 1 is 1.00 bits per heavy atom. The van der Waals surface area contributed by atoms with E-state index in [9.17, 15) is 9.59 Å². The number of ether oxygens (including phenoxy) is 1. The molecule has 0 atom stereocenters. The molecule has 0 unspecified atom stereocenters. The van der Waals surface area contributed by atoms with E-state index < -0.39 is 0 Å². The zero-order chi connectivity index (χ0) is 17.5. The molecule has 5 heteroatoms. The van der Waals surface area contributed by atoms with Crippen LogP contribution in [0.2, 0.25) is 0 Å². The molecule has 5 nitrogen and oxygen atoms in total. The van der Waals surface area contributed by atoms with Gasteiger partial charge in [-0.15, -0.1) is 0 Å². The molecule has 0 aliphatic heterocycles. The summed E-state index contributed by atoms with van der Waals surface area (Å²) in [4.78, 5) is 24.1. The molecule has 0 bridgehead atoms. The molecule has 0 saturated carbocycles. The second-order valence-corrected chi connectivity index (χ2v) is 5.75. The van der Waals surface area contributed by atoms with E-state index >= 15 is 0 Å². The van der Waals surface area contributed by atoms with Gasteiger partial charge < -0.3 is 15.4 Å². The number of hydrogen-bond acceptors (Lipinski definition) is 3. The number of methoxy groups -OCH3 is 1. The number of rotatable bonds is 6. The highest BCUT2D eigenvalue weighted by molar-refractivity contribution is 6.08. The van der Waals surface area contributed by atoms with E-state index in [1.165, 1.54) is 0 Å². The van der Waals surface area contributed by atoms with Crippen LogP contribution in [-0.2, 0) is 9.59 Å². The van der Waals surface area contributed by atoms with Gasteiger partial charge in [-0.25, -0.2) is 0 Å². The fourth-order valence-corrected chi connectivity index (χ4v) is 2.36. The SMILES string of the molecule is COc1cccc(NC(=O)CC(=O)Nc2ccccc2C(C)C)c1. The quantitative estimate of drug-likeness (QED) is 0.794. The summed E-state index contributed by atoms with van der Waals surface area (Å²) >= 11 is 0. The molecule has 0 saturated heterocycles. The second kappa shape index (κ2) is 8.15. The zero-order valence-electron chi connectivity index (χ0n) is 14.1. The number of benzene rings is 2. The van der Waals surface area contributed by atoms with Gasteiger partial charge in [0.05, 0.1) is 7.11 Å². The first-order valence-electron chi connectivity index (χ1n) is 7.82. The van der Waals surface area contributed by atoms with Gasteiger partial charge in [0.25, 0.3) is 0 Å². The largest absolute Gasteiger partial charge is 0.497 e. The van der Waals surface area contributed by atoms with Crippen molar-refractivity contribution in [2.45, 2.75) is 26.2 Å². The molecule has 0 aliphatic carbocycles. The van der Waals surface area contributed by atoms with Crippen LogP contribution in [-0.4, -0.2) is 18.9 Å². The Bertz CT molecular complexity index is 726. The highest BCUT2D eigenvalue weighted by Crippen LogP contribution is 2.23. The fourth-order valence-electron chi connectivity index (χ4n) is 2.36. The molecule has 24 heavy (non-hydrogen) atoms. The van der Waals surface area contributed by atoms with E-state index in [-0.39, 0.29) is 24.2 Å². The number of carbonyl (C=O) groups is 2. The van der Waals surface area contributed by atoms with Gasteiger partial charge in [0.2, 0.25) is 11.8 Å². The normalized spacial score (nSPS) is 10.3. The van der Waals surface area contributed by atoms with Gasteiger partial charge in [-0.05, 0) is 29.7 Å². The smallest absolute Gasteiger partial charge is 0.233 e. The molecular weight excluding hydrogens is 304 g/mol. The zero-order valence-corrected chi connectivity index (χ0v) is 14.1. The lowest BCUT2D eigenvalue weighted by atomic mass is 10.0. The van der Waals surface area contributed by atoms with E-state index in [1.807, 2.05) is 24.3 Å². The third-order valence-electron chi connectivity index (χ3n) is 3.53. The van der Waals surface area contributed by atoms with Crippen molar-refractivity contribution >= 4 is 23.2 Å². The minimum absolute atomic E-state index is 0.246. The third kappa shape index (κ3) is 4.84. The first kappa shape index (κ1) is 17.5. The molecule has 126 valence electrons. The molecule has 0 fully saturated rings. The minimum atomic E-state index is -0.372. The Kier molecular flexibility index (Phi) is 5.95. The summed E-state index contributed by atoms with van der Waals surface area (Å²) in [5, 5.41) is 5.50. The summed E-state index contributed by atoms with van der Waals surface area (Å²) in [6.07, 6.45) is -0.246. The summed E-state index contributed by atoms with van der Waals surface area (Å²) in [5.74, 6) is 0.210. The Hall–Kier alpha value is -2.82. The molecule has 2 aromatic rings. The number of para-hydroxylation sites is 1. The first-order valence-corrected chi connectivity index (χ1v) is 7.82. The average Bonchev–Trinajstić information content (AvgIpc) is 2.55. The summed E-state index contributed by atoms with van der Waals surface area (Å²) in [5.41, 5.74) is 2.38. The van der Waals surface area contributed by atoms with Gasteiger partial charge in [-0.1, -0.05) is 38.1 Å². The van der Waals surface area contributed by atoms with Crippen molar-refractivity contribution in [1.29, 1.82) is 0 Å². The number of hydrogen-bond donors (Lipinski definition) is 2. The van der Waals surface area contributed by atoms with Crippen molar-refractivity contribution < 1.29 is 14.3 Å². The molecule has 2 N–H and O–H groups in total. The van der Waals surface area contributed by atoms with Gasteiger partial charge in [-0.3, -0.25) is 9.59 Å². The summed E-state index contributed by atoms with van der Waals surface area (Å²) in [7, 11) is 1.56. The van der Waals surface area contributed by atoms with Crippen LogP contribution in [0.15, 0.2) is 48.5 Å². The minimum Gasteiger partial charge on any atom is -0.497 e. The topological polar surface area (TPSA) is 67.4 Å². The van der Waals surface area contributed by atoms with E-state index in [4.69, 9.17) is 4.74 Å². The van der Waals surface area contributed by atoms with Crippen molar-refractivity contribution in [2.75, 3.05) is 17.7 Å². The lowest BCUT2D eigenvalue weighted by molar-refractivity contribution is -0.123. The van der Waals surface area contributed by atoms with Gasteiger partial charge in [0.1, 0.15) is 12.2 Å². The van der Waals surface area contributed by atoms with Crippen molar-refractivity contribution in [1.82, 2.24) is 0 Å². The van der Waals surface area contributed by atoms with Crippen LogP contribution in [0.5, 0.6) is 5.75 Å². The fraction of sp³-hybridized carbons (Fsp3) is 0.263. The summed E-state index contributed by atoms with van der Waals surface area (Å²) < 4.78 is 5.10. The van der Waals surface area contributed by atoms with Crippen LogP contribution in [0.25, 0.3) is 0 Å². The number of carbonyl (C=O) groups excluding carboxylic acids is 2. The predicted molar refractivity (Wildman–Crippen MR) is 95.4 cm³/mol. The van der Waals surface area contributed by atoms with Crippen molar-refractivity contribution in [3.8, 4) is 5.75 Å². The molecule has 0 aliphatic rings. The molecule has 0 heterocycles. The van der Waals surface area contributed by atoms with Crippen LogP contribution in [0.3, 0.4) is 0 Å². The molecule has 2 rings (SSSR count). The van der Waals surface area contributed by atoms with Gasteiger partial charge >= 0.3 is 0 Å². The second-order valence-electron chi connectivity index (χ2n) is 5.75. The van der Waals surface area contributed by atoms with Crippen LogP contribution < -0.4 is 15.4 Å². The number of nitrogens with one attached hydrogen (secondary N) is 2. The third-order valence-corrected chi connectivity index (χ3v) is 3.53. The van der Waals surface area contributed by atoms with Crippen LogP contribution in [0.4, 0.5) is 11.4 Å². The van der Waals surface area contributed by atoms with Gasteiger partial charge in [0, 0.05) is 17.4 Å². The maximum absolute atomic E-state index is 12.1. The molecule has 0 radical (unpaired) electrons. The van der Waals surface area contributed by atoms with Crippen LogP contribution in [0, 0.1) is 0 Å². The highest BCUT2D eigenvalue weighted by Gasteiger charge is 2.13. The number of amides is 2. The molecule has 0 spiro atoms. The number of anilines is 2. The monoisotopic (exact) mass is 326 g/mol. The summed E-state index contributed by atoms with van der Waals surface area (Å²) in [6.45, 7) is 4.11. The van der Waals surface area contributed by atoms with Crippen molar-refractivity contribution in [3.63, 3.8) is 0 Å². The molecule has 2 aromatic carbocycles. The Balaban J connectivity index is 1.96. The van der Waals surface area contributed by atoms with Gasteiger partial charge in [-0.2, -0.15) is 0 Å². The molecule has 2 amide bonds. The van der Waals surface area contributed by atoms with E-state index in [1.54, 1.807) is 31.4 Å². The van der Waals surface area contributed by atoms with E-state index in [0.717, 1.165) is 11.3 Å². The van der Waals surface area contributed by atoms with Crippen LogP contribution >= 0.6 is 0 Å². The molecular formula is C19H22N2O3. The highest BCUT2D eigenvalue weighted by atomic mass is 16.5. The molecule has 0 aromatic heterocycles. The van der Waals surface area contributed by atoms with Crippen molar-refractivity contribution in [3.05, 3.63) is 54.1 Å². The van der Waals surface area contributed by atoms with Crippen LogP contribution in [0.1, 0.15) is 31.7 Å². The Labute approximate surface area is 142 Å². The average molecular weight is 326 g/mol. The maximum Gasteiger partial charge on any atom is 0.233 e. The lowest BCUT2D eigenvalue weighted by Gasteiger charge is -2.13. The van der Waals surface area contributed by atoms with E-state index in [0.29, 0.717) is 11.4 Å². The van der Waals surface area contributed by atoms with Gasteiger partial charge in [0.15, 0.2) is 0 Å². The Morgan fingerprint density at radius 3 is 2.42 bits per heavy atom. The summed E-state index contributed by atoms with van der Waals surface area (Å²) in [6, 6.07) is 14.6. The predicted octanol–water partition coefficient (Wildman–Crippen LogP) is 3.79. The lowest BCUT2D eigenvalue weighted by Crippen LogP contribution is -2.22. The Morgan fingerprint density at radius 2 is 1.71 bits per heavy atom.